The fraction of sp³-hybridized carbons (Fsp3) is 0.500. The smallest absolute Gasteiger partial charge is 0.242 e. The molecule has 0 fully saturated rings. The zero-order valence-corrected chi connectivity index (χ0v) is 11.4. The zero-order chi connectivity index (χ0) is 13.1. The van der Waals surface area contributed by atoms with Gasteiger partial charge in [-0.2, -0.15) is 0 Å². The third kappa shape index (κ3) is 3.20. The molecule has 0 saturated carbocycles. The molecule has 0 atom stereocenters. The molecule has 0 bridgehead atoms. The Balaban J connectivity index is 3.11. The van der Waals surface area contributed by atoms with Gasteiger partial charge in [-0.15, -0.1) is 0 Å². The van der Waals surface area contributed by atoms with Gasteiger partial charge in [0.2, 0.25) is 10.0 Å². The van der Waals surface area contributed by atoms with Crippen LogP contribution in [0.1, 0.15) is 30.9 Å². The lowest BCUT2D eigenvalue weighted by Gasteiger charge is -2.13. The number of sulfonamides is 1. The van der Waals surface area contributed by atoms with Gasteiger partial charge in [0.15, 0.2) is 0 Å². The van der Waals surface area contributed by atoms with Crippen LogP contribution in [-0.4, -0.2) is 15.0 Å². The van der Waals surface area contributed by atoms with Gasteiger partial charge in [0.1, 0.15) is 4.90 Å². The molecule has 1 aromatic rings. The van der Waals surface area contributed by atoms with Crippen LogP contribution < -0.4 is 10.5 Å². The van der Waals surface area contributed by atoms with Crippen molar-refractivity contribution in [2.45, 2.75) is 38.5 Å². The molecule has 0 aliphatic heterocycles. The Bertz CT molecular complexity index is 495. The molecule has 0 saturated heterocycles. The Morgan fingerprint density at radius 2 is 1.94 bits per heavy atom. The topological polar surface area (TPSA) is 72.2 Å². The first-order valence-corrected chi connectivity index (χ1v) is 7.23. The van der Waals surface area contributed by atoms with Gasteiger partial charge in [-0.05, 0) is 37.5 Å². The second-order valence-corrected chi connectivity index (χ2v) is 5.88. The van der Waals surface area contributed by atoms with Gasteiger partial charge >= 0.3 is 0 Å². The van der Waals surface area contributed by atoms with Crippen LogP contribution in [0.3, 0.4) is 0 Å². The number of hydrogen-bond acceptors (Lipinski definition) is 3. The van der Waals surface area contributed by atoms with Crippen LogP contribution in [0.5, 0.6) is 0 Å². The summed E-state index contributed by atoms with van der Waals surface area (Å²) in [4.78, 5) is 0.216. The predicted molar refractivity (Wildman–Crippen MR) is 70.4 cm³/mol. The molecule has 0 unspecified atom stereocenters. The summed E-state index contributed by atoms with van der Waals surface area (Å²) < 4.78 is 26.8. The molecule has 0 spiro atoms. The predicted octanol–water partition coefficient (Wildman–Crippen LogP) is 1.96. The van der Waals surface area contributed by atoms with Crippen LogP contribution in [0.2, 0.25) is 0 Å². The number of nitrogens with one attached hydrogen (secondary N) is 1. The zero-order valence-electron chi connectivity index (χ0n) is 10.6. The highest BCUT2D eigenvalue weighted by Crippen LogP contribution is 2.24. The highest BCUT2D eigenvalue weighted by molar-refractivity contribution is 7.89. The van der Waals surface area contributed by atoms with Gasteiger partial charge in [0, 0.05) is 6.54 Å². The summed E-state index contributed by atoms with van der Waals surface area (Å²) in [6.45, 7) is 6.12. The standard InChI is InChI=1S/C12H20N2O2S/c1-4-5-8-14-17(15,16)12-10(3)9(2)6-7-11(12)13/h6-7,14H,4-5,8,13H2,1-3H3. The van der Waals surface area contributed by atoms with Crippen molar-refractivity contribution < 1.29 is 8.42 Å². The molecule has 17 heavy (non-hydrogen) atoms. The molecule has 0 amide bonds. The van der Waals surface area contributed by atoms with Crippen LogP contribution in [0.25, 0.3) is 0 Å². The molecule has 96 valence electrons. The Morgan fingerprint density at radius 1 is 1.29 bits per heavy atom. The summed E-state index contributed by atoms with van der Waals surface area (Å²) >= 11 is 0. The van der Waals surface area contributed by atoms with Gasteiger partial charge in [-0.25, -0.2) is 13.1 Å². The first kappa shape index (κ1) is 14.0. The van der Waals surface area contributed by atoms with E-state index in [1.807, 2.05) is 19.9 Å². The number of anilines is 1. The van der Waals surface area contributed by atoms with E-state index in [1.165, 1.54) is 0 Å². The van der Waals surface area contributed by atoms with Crippen molar-refractivity contribution in [3.05, 3.63) is 23.3 Å². The Labute approximate surface area is 103 Å². The van der Waals surface area contributed by atoms with Gasteiger partial charge in [0.25, 0.3) is 0 Å². The minimum atomic E-state index is -3.49. The number of rotatable bonds is 5. The van der Waals surface area contributed by atoms with Gasteiger partial charge in [-0.3, -0.25) is 0 Å². The first-order chi connectivity index (χ1) is 7.90. The van der Waals surface area contributed by atoms with E-state index in [2.05, 4.69) is 4.72 Å². The molecular formula is C12H20N2O2S. The van der Waals surface area contributed by atoms with E-state index in [0.29, 0.717) is 17.8 Å². The number of benzene rings is 1. The van der Waals surface area contributed by atoms with E-state index < -0.39 is 10.0 Å². The lowest BCUT2D eigenvalue weighted by atomic mass is 10.1. The molecule has 1 aromatic carbocycles. The average Bonchev–Trinajstić information content (AvgIpc) is 2.24. The molecule has 3 N–H and O–H groups in total. The van der Waals surface area contributed by atoms with E-state index in [1.54, 1.807) is 13.0 Å². The highest BCUT2D eigenvalue weighted by atomic mass is 32.2. The largest absolute Gasteiger partial charge is 0.398 e. The van der Waals surface area contributed by atoms with E-state index in [4.69, 9.17) is 5.73 Å². The molecule has 5 heteroatoms. The number of nitrogens with two attached hydrogens (primary N) is 1. The van der Waals surface area contributed by atoms with Crippen LogP contribution in [0.15, 0.2) is 17.0 Å². The maximum Gasteiger partial charge on any atom is 0.242 e. The number of unbranched alkanes of at least 4 members (excludes halogenated alkanes) is 1. The van der Waals surface area contributed by atoms with Crippen LogP contribution in [0, 0.1) is 13.8 Å². The molecule has 0 aromatic heterocycles. The number of aryl methyl sites for hydroxylation is 1. The quantitative estimate of drug-likeness (QED) is 0.625. The van der Waals surface area contributed by atoms with E-state index in [-0.39, 0.29) is 4.90 Å². The van der Waals surface area contributed by atoms with Crippen molar-refractivity contribution in [2.75, 3.05) is 12.3 Å². The molecule has 0 radical (unpaired) electrons. The van der Waals surface area contributed by atoms with E-state index in [0.717, 1.165) is 18.4 Å². The Kier molecular flexibility index (Phi) is 4.54. The maximum absolute atomic E-state index is 12.1. The van der Waals surface area contributed by atoms with Crippen LogP contribution in [-0.2, 0) is 10.0 Å². The van der Waals surface area contributed by atoms with Crippen LogP contribution in [0.4, 0.5) is 5.69 Å². The van der Waals surface area contributed by atoms with E-state index in [9.17, 15) is 8.42 Å². The number of nitrogen functional groups attached to an aromatic ring is 1. The summed E-state index contributed by atoms with van der Waals surface area (Å²) in [5.41, 5.74) is 7.71. The average molecular weight is 256 g/mol. The monoisotopic (exact) mass is 256 g/mol. The van der Waals surface area contributed by atoms with Crippen molar-refractivity contribution >= 4 is 15.7 Å². The van der Waals surface area contributed by atoms with Crippen molar-refractivity contribution in [1.29, 1.82) is 0 Å². The summed E-state index contributed by atoms with van der Waals surface area (Å²) in [6.07, 6.45) is 1.77. The minimum Gasteiger partial charge on any atom is -0.398 e. The fourth-order valence-corrected chi connectivity index (χ4v) is 3.12. The summed E-state index contributed by atoms with van der Waals surface area (Å²) in [7, 11) is -3.49. The van der Waals surface area contributed by atoms with Crippen molar-refractivity contribution in [3.8, 4) is 0 Å². The lowest BCUT2D eigenvalue weighted by molar-refractivity contribution is 0.578. The van der Waals surface area contributed by atoms with Crippen molar-refractivity contribution in [2.24, 2.45) is 0 Å². The molecule has 0 aliphatic carbocycles. The third-order valence-electron chi connectivity index (χ3n) is 2.80. The normalized spacial score (nSPS) is 11.7. The maximum atomic E-state index is 12.1. The summed E-state index contributed by atoms with van der Waals surface area (Å²) in [6, 6.07) is 3.46. The summed E-state index contributed by atoms with van der Waals surface area (Å²) in [5, 5.41) is 0. The third-order valence-corrected chi connectivity index (χ3v) is 4.46. The second kappa shape index (κ2) is 5.51. The van der Waals surface area contributed by atoms with Gasteiger partial charge in [-0.1, -0.05) is 19.4 Å². The van der Waals surface area contributed by atoms with Crippen LogP contribution >= 0.6 is 0 Å². The molecular weight excluding hydrogens is 236 g/mol. The van der Waals surface area contributed by atoms with E-state index >= 15 is 0 Å². The molecule has 1 rings (SSSR count). The highest BCUT2D eigenvalue weighted by Gasteiger charge is 2.20. The lowest BCUT2D eigenvalue weighted by Crippen LogP contribution is -2.26. The SMILES string of the molecule is CCCCNS(=O)(=O)c1c(N)ccc(C)c1C. The second-order valence-electron chi connectivity index (χ2n) is 4.18. The van der Waals surface area contributed by atoms with Crippen molar-refractivity contribution in [3.63, 3.8) is 0 Å². The summed E-state index contributed by atoms with van der Waals surface area (Å²) in [5.74, 6) is 0. The fourth-order valence-electron chi connectivity index (χ4n) is 1.62. The van der Waals surface area contributed by atoms with Gasteiger partial charge < -0.3 is 5.73 Å². The minimum absolute atomic E-state index is 0.216. The Hall–Kier alpha value is -1.07. The Morgan fingerprint density at radius 3 is 2.53 bits per heavy atom. The molecule has 4 nitrogen and oxygen atoms in total. The number of hydrogen-bond donors (Lipinski definition) is 2. The van der Waals surface area contributed by atoms with Gasteiger partial charge in [0.05, 0.1) is 5.69 Å². The molecule has 0 aliphatic rings. The first-order valence-electron chi connectivity index (χ1n) is 5.75. The van der Waals surface area contributed by atoms with Crippen molar-refractivity contribution in [1.82, 2.24) is 4.72 Å². The molecule has 0 heterocycles.